The van der Waals surface area contributed by atoms with Gasteiger partial charge in [0.25, 0.3) is 0 Å². The first-order valence-electron chi connectivity index (χ1n) is 8.48. The Balaban J connectivity index is 2.37. The van der Waals surface area contributed by atoms with Crippen LogP contribution in [0.1, 0.15) is 70.0 Å². The molecule has 2 rings (SSSR count). The molecule has 0 spiro atoms. The van der Waals surface area contributed by atoms with Crippen LogP contribution < -0.4 is 5.32 Å². The summed E-state index contributed by atoms with van der Waals surface area (Å²) in [6.45, 7) is 9.63. The molecule has 0 aromatic heterocycles. The zero-order valence-corrected chi connectivity index (χ0v) is 14.0. The van der Waals surface area contributed by atoms with Crippen LogP contribution in [-0.4, -0.2) is 6.54 Å². The highest BCUT2D eigenvalue weighted by Gasteiger charge is 2.41. The molecule has 1 N–H and O–H groups in total. The van der Waals surface area contributed by atoms with Crippen molar-refractivity contribution in [3.63, 3.8) is 0 Å². The first-order chi connectivity index (χ1) is 9.98. The maximum atomic E-state index is 13.6. The molecule has 1 aromatic carbocycles. The van der Waals surface area contributed by atoms with Gasteiger partial charge >= 0.3 is 0 Å². The quantitative estimate of drug-likeness (QED) is 0.741. The van der Waals surface area contributed by atoms with Gasteiger partial charge in [-0.25, -0.2) is 4.39 Å². The van der Waals surface area contributed by atoms with E-state index in [1.807, 2.05) is 19.1 Å². The van der Waals surface area contributed by atoms with E-state index >= 15 is 0 Å². The van der Waals surface area contributed by atoms with E-state index in [9.17, 15) is 4.39 Å². The predicted molar refractivity (Wildman–Crippen MR) is 87.9 cm³/mol. The van der Waals surface area contributed by atoms with Gasteiger partial charge in [0.05, 0.1) is 0 Å². The molecular formula is C19H30FN. The molecule has 1 unspecified atom stereocenters. The van der Waals surface area contributed by atoms with Gasteiger partial charge in [0.15, 0.2) is 0 Å². The summed E-state index contributed by atoms with van der Waals surface area (Å²) in [6, 6.07) is 6.01. The molecule has 1 atom stereocenters. The minimum atomic E-state index is -0.0988. The molecule has 0 amide bonds. The van der Waals surface area contributed by atoms with Gasteiger partial charge in [0.2, 0.25) is 0 Å². The van der Waals surface area contributed by atoms with Crippen molar-refractivity contribution in [3.8, 4) is 0 Å². The summed E-state index contributed by atoms with van der Waals surface area (Å²) in [5, 5.41) is 3.71. The molecular weight excluding hydrogens is 261 g/mol. The van der Waals surface area contributed by atoms with E-state index in [2.05, 4.69) is 26.1 Å². The van der Waals surface area contributed by atoms with Crippen molar-refractivity contribution in [1.82, 2.24) is 5.32 Å². The third kappa shape index (κ3) is 3.66. The molecule has 1 saturated carbocycles. The molecule has 21 heavy (non-hydrogen) atoms. The van der Waals surface area contributed by atoms with E-state index in [0.717, 1.165) is 12.1 Å². The molecule has 1 aliphatic carbocycles. The van der Waals surface area contributed by atoms with Crippen molar-refractivity contribution in [2.75, 3.05) is 6.54 Å². The number of hydrogen-bond donors (Lipinski definition) is 1. The van der Waals surface area contributed by atoms with Crippen LogP contribution >= 0.6 is 0 Å². The molecule has 1 fully saturated rings. The lowest BCUT2D eigenvalue weighted by molar-refractivity contribution is 0.157. The fraction of sp³-hybridized carbons (Fsp3) is 0.684. The predicted octanol–water partition coefficient (Wildman–Crippen LogP) is 5.39. The van der Waals surface area contributed by atoms with Gasteiger partial charge in [-0.05, 0) is 61.3 Å². The minimum Gasteiger partial charge on any atom is -0.310 e. The molecule has 118 valence electrons. The number of hydrogen-bond acceptors (Lipinski definition) is 1. The molecule has 1 aromatic rings. The highest BCUT2D eigenvalue weighted by molar-refractivity contribution is 5.28. The first-order valence-corrected chi connectivity index (χ1v) is 8.48. The average molecular weight is 291 g/mol. The third-order valence-corrected chi connectivity index (χ3v) is 4.95. The van der Waals surface area contributed by atoms with Crippen LogP contribution in [0, 0.1) is 24.1 Å². The first kappa shape index (κ1) is 16.5. The van der Waals surface area contributed by atoms with Gasteiger partial charge in [0.1, 0.15) is 5.82 Å². The van der Waals surface area contributed by atoms with Crippen LogP contribution in [0.25, 0.3) is 0 Å². The average Bonchev–Trinajstić information content (AvgIpc) is 2.88. The zero-order chi connectivity index (χ0) is 15.5. The number of nitrogens with one attached hydrogen (secondary N) is 1. The van der Waals surface area contributed by atoms with Crippen molar-refractivity contribution < 1.29 is 4.39 Å². The van der Waals surface area contributed by atoms with Crippen LogP contribution in [0.5, 0.6) is 0 Å². The second-order valence-corrected chi connectivity index (χ2v) is 7.17. The summed E-state index contributed by atoms with van der Waals surface area (Å²) in [6.07, 6.45) is 6.49. The van der Waals surface area contributed by atoms with E-state index < -0.39 is 0 Å². The Labute approximate surface area is 129 Å². The summed E-state index contributed by atoms with van der Waals surface area (Å²) in [5.74, 6) is 0.601. The van der Waals surface area contributed by atoms with E-state index in [1.165, 1.54) is 37.7 Å². The minimum absolute atomic E-state index is 0.0988. The van der Waals surface area contributed by atoms with Gasteiger partial charge < -0.3 is 5.32 Å². The van der Waals surface area contributed by atoms with E-state index in [4.69, 9.17) is 0 Å². The molecule has 1 aliphatic rings. The summed E-state index contributed by atoms with van der Waals surface area (Å²) >= 11 is 0. The number of rotatable bonds is 6. The van der Waals surface area contributed by atoms with Crippen LogP contribution in [0.15, 0.2) is 18.2 Å². The maximum Gasteiger partial charge on any atom is 0.126 e. The van der Waals surface area contributed by atoms with Crippen molar-refractivity contribution in [2.45, 2.75) is 65.8 Å². The van der Waals surface area contributed by atoms with E-state index in [0.29, 0.717) is 17.4 Å². The molecule has 0 aliphatic heterocycles. The smallest absolute Gasteiger partial charge is 0.126 e. The lowest BCUT2D eigenvalue weighted by Crippen LogP contribution is -2.37. The summed E-state index contributed by atoms with van der Waals surface area (Å²) in [7, 11) is 0. The standard InChI is InChI=1S/C19H30FN/c1-5-21-18(16-8-9-17(20)15(4)12-16)19(13-14(2)3)10-6-7-11-19/h8-9,12,14,18,21H,5-7,10-11,13H2,1-4H3. The molecule has 2 heteroatoms. The van der Waals surface area contributed by atoms with Crippen molar-refractivity contribution in [1.29, 1.82) is 0 Å². The molecule has 0 bridgehead atoms. The van der Waals surface area contributed by atoms with E-state index in [-0.39, 0.29) is 5.82 Å². The lowest BCUT2D eigenvalue weighted by Gasteiger charge is -2.40. The lowest BCUT2D eigenvalue weighted by atomic mass is 9.70. The number of benzene rings is 1. The van der Waals surface area contributed by atoms with Crippen molar-refractivity contribution >= 4 is 0 Å². The SMILES string of the molecule is CCNC(c1ccc(F)c(C)c1)C1(CC(C)C)CCCC1. The van der Waals surface area contributed by atoms with Crippen LogP contribution in [-0.2, 0) is 0 Å². The van der Waals surface area contributed by atoms with Gasteiger partial charge in [0, 0.05) is 6.04 Å². The number of aryl methyl sites for hydroxylation is 1. The monoisotopic (exact) mass is 291 g/mol. The van der Waals surface area contributed by atoms with Crippen LogP contribution in [0.4, 0.5) is 4.39 Å². The Morgan fingerprint density at radius 2 is 1.90 bits per heavy atom. The van der Waals surface area contributed by atoms with Gasteiger partial charge in [-0.15, -0.1) is 0 Å². The largest absolute Gasteiger partial charge is 0.310 e. The Hall–Kier alpha value is -0.890. The Kier molecular flexibility index (Phi) is 5.43. The second kappa shape index (κ2) is 6.91. The summed E-state index contributed by atoms with van der Waals surface area (Å²) < 4.78 is 13.6. The second-order valence-electron chi connectivity index (χ2n) is 7.17. The molecule has 0 radical (unpaired) electrons. The van der Waals surface area contributed by atoms with Crippen molar-refractivity contribution in [3.05, 3.63) is 35.1 Å². The molecule has 0 saturated heterocycles. The van der Waals surface area contributed by atoms with Crippen molar-refractivity contribution in [2.24, 2.45) is 11.3 Å². The van der Waals surface area contributed by atoms with Crippen LogP contribution in [0.2, 0.25) is 0 Å². The summed E-state index contributed by atoms with van der Waals surface area (Å²) in [4.78, 5) is 0. The van der Waals surface area contributed by atoms with Gasteiger partial charge in [-0.3, -0.25) is 0 Å². The molecule has 1 nitrogen and oxygen atoms in total. The third-order valence-electron chi connectivity index (χ3n) is 4.95. The van der Waals surface area contributed by atoms with E-state index in [1.54, 1.807) is 6.07 Å². The topological polar surface area (TPSA) is 12.0 Å². The Morgan fingerprint density at radius 3 is 2.43 bits per heavy atom. The number of halogens is 1. The Morgan fingerprint density at radius 1 is 1.24 bits per heavy atom. The fourth-order valence-electron chi connectivity index (χ4n) is 4.24. The van der Waals surface area contributed by atoms with Gasteiger partial charge in [-0.2, -0.15) is 0 Å². The molecule has 0 heterocycles. The highest BCUT2D eigenvalue weighted by atomic mass is 19.1. The normalized spacial score (nSPS) is 19.1. The zero-order valence-electron chi connectivity index (χ0n) is 14.0. The van der Waals surface area contributed by atoms with Crippen LogP contribution in [0.3, 0.4) is 0 Å². The maximum absolute atomic E-state index is 13.6. The summed E-state index contributed by atoms with van der Waals surface area (Å²) in [5.41, 5.74) is 2.36. The van der Waals surface area contributed by atoms with Gasteiger partial charge in [-0.1, -0.05) is 45.7 Å². The fourth-order valence-corrected chi connectivity index (χ4v) is 4.24. The Bertz CT molecular complexity index is 461. The highest BCUT2D eigenvalue weighted by Crippen LogP contribution is 2.51.